The van der Waals surface area contributed by atoms with E-state index in [-0.39, 0.29) is 5.78 Å². The molecule has 2 rings (SSSR count). The van der Waals surface area contributed by atoms with Gasteiger partial charge < -0.3 is 0 Å². The summed E-state index contributed by atoms with van der Waals surface area (Å²) >= 11 is 6.91. The first-order chi connectivity index (χ1) is 8.58. The molecule has 92 valence electrons. The van der Waals surface area contributed by atoms with Gasteiger partial charge >= 0.3 is 0 Å². The lowest BCUT2D eigenvalue weighted by Gasteiger charge is -2.07. The predicted octanol–water partition coefficient (Wildman–Crippen LogP) is 4.95. The van der Waals surface area contributed by atoms with Crippen LogP contribution in [0.4, 0.5) is 0 Å². The van der Waals surface area contributed by atoms with Crippen LogP contribution in [-0.4, -0.2) is 5.78 Å². The SMILES string of the molecule is Cc1cc(Br)c(C(=O)Cc2ccccc2)cc1Br. The summed E-state index contributed by atoms with van der Waals surface area (Å²) in [4.78, 5) is 12.2. The van der Waals surface area contributed by atoms with Crippen LogP contribution in [-0.2, 0) is 6.42 Å². The first-order valence-corrected chi connectivity index (χ1v) is 7.19. The van der Waals surface area contributed by atoms with Gasteiger partial charge in [-0.05, 0) is 30.2 Å². The Kier molecular flexibility index (Phi) is 4.36. The van der Waals surface area contributed by atoms with Crippen molar-refractivity contribution in [3.05, 3.63) is 68.1 Å². The van der Waals surface area contributed by atoms with Crippen LogP contribution in [0.1, 0.15) is 21.5 Å². The Bertz CT molecular complexity index is 577. The Labute approximate surface area is 123 Å². The summed E-state index contributed by atoms with van der Waals surface area (Å²) in [6.45, 7) is 2.00. The Morgan fingerprint density at radius 3 is 2.39 bits per heavy atom. The van der Waals surface area contributed by atoms with E-state index >= 15 is 0 Å². The third-order valence-corrected chi connectivity index (χ3v) is 4.27. The monoisotopic (exact) mass is 366 g/mol. The summed E-state index contributed by atoms with van der Waals surface area (Å²) in [5.74, 6) is 0.119. The maximum absolute atomic E-state index is 12.2. The number of hydrogen-bond donors (Lipinski definition) is 0. The molecular formula is C15H12Br2O. The number of carbonyl (C=O) groups is 1. The zero-order valence-electron chi connectivity index (χ0n) is 9.91. The molecule has 0 radical (unpaired) electrons. The number of Topliss-reactive ketones (excluding diaryl/α,β-unsaturated/α-hetero) is 1. The summed E-state index contributed by atoms with van der Waals surface area (Å²) in [6, 6.07) is 13.6. The molecule has 0 bridgehead atoms. The van der Waals surface area contributed by atoms with Crippen molar-refractivity contribution in [2.24, 2.45) is 0 Å². The lowest BCUT2D eigenvalue weighted by molar-refractivity contribution is 0.0992. The third kappa shape index (κ3) is 3.09. The molecule has 2 aromatic carbocycles. The minimum atomic E-state index is 0.119. The summed E-state index contributed by atoms with van der Waals surface area (Å²) in [5, 5.41) is 0. The molecule has 3 heteroatoms. The van der Waals surface area contributed by atoms with Crippen LogP contribution < -0.4 is 0 Å². The maximum Gasteiger partial charge on any atom is 0.168 e. The highest BCUT2D eigenvalue weighted by Crippen LogP contribution is 2.26. The van der Waals surface area contributed by atoms with Crippen molar-refractivity contribution in [2.75, 3.05) is 0 Å². The fraction of sp³-hybridized carbons (Fsp3) is 0.133. The first kappa shape index (κ1) is 13.5. The largest absolute Gasteiger partial charge is 0.294 e. The number of ketones is 1. The molecular weight excluding hydrogens is 356 g/mol. The van der Waals surface area contributed by atoms with Gasteiger partial charge in [-0.1, -0.05) is 62.2 Å². The molecule has 0 unspecified atom stereocenters. The van der Waals surface area contributed by atoms with Crippen molar-refractivity contribution in [1.29, 1.82) is 0 Å². The molecule has 2 aromatic rings. The Balaban J connectivity index is 2.27. The van der Waals surface area contributed by atoms with Gasteiger partial charge in [0.15, 0.2) is 5.78 Å². The van der Waals surface area contributed by atoms with E-state index in [0.717, 1.165) is 25.6 Å². The second-order valence-corrected chi connectivity index (χ2v) is 5.88. The summed E-state index contributed by atoms with van der Waals surface area (Å²) in [7, 11) is 0. The lowest BCUT2D eigenvalue weighted by Crippen LogP contribution is -2.05. The number of aryl methyl sites for hydroxylation is 1. The predicted molar refractivity (Wildman–Crippen MR) is 81.1 cm³/mol. The van der Waals surface area contributed by atoms with Crippen molar-refractivity contribution in [2.45, 2.75) is 13.3 Å². The Hall–Kier alpha value is -0.930. The van der Waals surface area contributed by atoms with Gasteiger partial charge in [-0.25, -0.2) is 0 Å². The molecule has 0 spiro atoms. The van der Waals surface area contributed by atoms with E-state index in [4.69, 9.17) is 0 Å². The van der Waals surface area contributed by atoms with Crippen molar-refractivity contribution >= 4 is 37.6 Å². The van der Waals surface area contributed by atoms with Gasteiger partial charge in [0.25, 0.3) is 0 Å². The molecule has 0 amide bonds. The number of benzene rings is 2. The number of halogens is 2. The highest BCUT2D eigenvalue weighted by Gasteiger charge is 2.12. The zero-order valence-corrected chi connectivity index (χ0v) is 13.1. The highest BCUT2D eigenvalue weighted by molar-refractivity contribution is 9.11. The second kappa shape index (κ2) is 5.81. The van der Waals surface area contributed by atoms with E-state index in [9.17, 15) is 4.79 Å². The molecule has 0 N–H and O–H groups in total. The van der Waals surface area contributed by atoms with E-state index in [1.165, 1.54) is 0 Å². The maximum atomic E-state index is 12.2. The number of rotatable bonds is 3. The van der Waals surface area contributed by atoms with Crippen molar-refractivity contribution in [1.82, 2.24) is 0 Å². The van der Waals surface area contributed by atoms with Crippen molar-refractivity contribution in [3.63, 3.8) is 0 Å². The van der Waals surface area contributed by atoms with Crippen molar-refractivity contribution < 1.29 is 4.79 Å². The first-order valence-electron chi connectivity index (χ1n) is 5.60. The smallest absolute Gasteiger partial charge is 0.168 e. The van der Waals surface area contributed by atoms with Crippen LogP contribution in [0.3, 0.4) is 0 Å². The third-order valence-electron chi connectivity index (χ3n) is 2.76. The fourth-order valence-corrected chi connectivity index (χ4v) is 2.76. The highest BCUT2D eigenvalue weighted by atomic mass is 79.9. The van der Waals surface area contributed by atoms with E-state index in [0.29, 0.717) is 6.42 Å². The average Bonchev–Trinajstić information content (AvgIpc) is 2.35. The van der Waals surface area contributed by atoms with Crippen LogP contribution in [0.25, 0.3) is 0 Å². The van der Waals surface area contributed by atoms with Gasteiger partial charge in [-0.2, -0.15) is 0 Å². The standard InChI is InChI=1S/C15H12Br2O/c1-10-7-14(17)12(9-13(10)16)15(18)8-11-5-3-2-4-6-11/h2-7,9H,8H2,1H3. The lowest BCUT2D eigenvalue weighted by atomic mass is 10.0. The topological polar surface area (TPSA) is 17.1 Å². The minimum absolute atomic E-state index is 0.119. The minimum Gasteiger partial charge on any atom is -0.294 e. The molecule has 0 fully saturated rings. The molecule has 0 aromatic heterocycles. The average molecular weight is 368 g/mol. The van der Waals surface area contributed by atoms with Gasteiger partial charge in [0.1, 0.15) is 0 Å². The number of hydrogen-bond acceptors (Lipinski definition) is 1. The quantitative estimate of drug-likeness (QED) is 0.701. The molecule has 1 nitrogen and oxygen atoms in total. The van der Waals surface area contributed by atoms with E-state index in [1.807, 2.05) is 49.4 Å². The van der Waals surface area contributed by atoms with E-state index in [2.05, 4.69) is 31.9 Å². The summed E-state index contributed by atoms with van der Waals surface area (Å²) in [6.07, 6.45) is 0.426. The van der Waals surface area contributed by atoms with Crippen LogP contribution in [0.2, 0.25) is 0 Å². The van der Waals surface area contributed by atoms with Gasteiger partial charge in [-0.3, -0.25) is 4.79 Å². The summed E-state index contributed by atoms with van der Waals surface area (Å²) in [5.41, 5.74) is 2.86. The Morgan fingerprint density at radius 2 is 1.72 bits per heavy atom. The van der Waals surface area contributed by atoms with Gasteiger partial charge in [-0.15, -0.1) is 0 Å². The molecule has 18 heavy (non-hydrogen) atoms. The molecule has 0 aliphatic carbocycles. The normalized spacial score (nSPS) is 10.4. The molecule has 0 atom stereocenters. The Morgan fingerprint density at radius 1 is 1.06 bits per heavy atom. The number of carbonyl (C=O) groups excluding carboxylic acids is 1. The molecule has 0 heterocycles. The van der Waals surface area contributed by atoms with Crippen LogP contribution in [0.5, 0.6) is 0 Å². The molecule has 0 saturated carbocycles. The molecule has 0 aliphatic heterocycles. The van der Waals surface area contributed by atoms with E-state index in [1.54, 1.807) is 0 Å². The fourth-order valence-electron chi connectivity index (χ4n) is 1.74. The zero-order chi connectivity index (χ0) is 13.1. The van der Waals surface area contributed by atoms with Crippen LogP contribution >= 0.6 is 31.9 Å². The summed E-state index contributed by atoms with van der Waals surface area (Å²) < 4.78 is 1.81. The van der Waals surface area contributed by atoms with Gasteiger partial charge in [0.05, 0.1) is 0 Å². The van der Waals surface area contributed by atoms with Crippen LogP contribution in [0, 0.1) is 6.92 Å². The second-order valence-electron chi connectivity index (χ2n) is 4.17. The van der Waals surface area contributed by atoms with Crippen molar-refractivity contribution in [3.8, 4) is 0 Å². The van der Waals surface area contributed by atoms with Gasteiger partial charge in [0, 0.05) is 20.9 Å². The van der Waals surface area contributed by atoms with Gasteiger partial charge in [0.2, 0.25) is 0 Å². The van der Waals surface area contributed by atoms with Crippen LogP contribution in [0.15, 0.2) is 51.4 Å². The molecule has 0 aliphatic rings. The van der Waals surface area contributed by atoms with E-state index < -0.39 is 0 Å². The molecule has 0 saturated heterocycles.